The number of nitrogens with two attached hydrogens (primary N) is 1. The molecule has 1 heterocycles. The first-order valence-electron chi connectivity index (χ1n) is 4.18. The lowest BCUT2D eigenvalue weighted by Gasteiger charge is -2.02. The number of benzene rings is 1. The van der Waals surface area contributed by atoms with Gasteiger partial charge in [-0.1, -0.05) is 34.7 Å². The van der Waals surface area contributed by atoms with Crippen molar-refractivity contribution in [1.82, 2.24) is 10.2 Å². The van der Waals surface area contributed by atoms with Gasteiger partial charge in [0, 0.05) is 15.6 Å². The van der Waals surface area contributed by atoms with Gasteiger partial charge in [0.1, 0.15) is 5.01 Å². The maximum atomic E-state index is 5.89. The number of aryl methyl sites for hydroxylation is 1. The van der Waals surface area contributed by atoms with Crippen LogP contribution in [-0.2, 0) is 0 Å². The van der Waals surface area contributed by atoms with Crippen molar-refractivity contribution in [3.8, 4) is 0 Å². The molecule has 0 amide bonds. The molecule has 0 saturated heterocycles. The Labute approximate surface area is 101 Å². The molecule has 15 heavy (non-hydrogen) atoms. The zero-order valence-electron chi connectivity index (χ0n) is 7.90. The molecule has 1 aromatic heterocycles. The topological polar surface area (TPSA) is 51.8 Å². The molecule has 78 valence electrons. The molecule has 2 aromatic rings. The normalized spacial score (nSPS) is 10.5. The van der Waals surface area contributed by atoms with Crippen LogP contribution >= 0.6 is 34.7 Å². The summed E-state index contributed by atoms with van der Waals surface area (Å²) in [4.78, 5) is 0.915. The summed E-state index contributed by atoms with van der Waals surface area (Å²) in [6.07, 6.45) is 0. The number of halogens is 1. The average molecular weight is 258 g/mol. The summed E-state index contributed by atoms with van der Waals surface area (Å²) >= 11 is 8.91. The molecular weight excluding hydrogens is 250 g/mol. The zero-order valence-corrected chi connectivity index (χ0v) is 10.3. The molecule has 0 bridgehead atoms. The summed E-state index contributed by atoms with van der Waals surface area (Å²) in [5, 5.41) is 9.57. The summed E-state index contributed by atoms with van der Waals surface area (Å²) in [5.41, 5.74) is 6.53. The maximum Gasteiger partial charge on any atom is 0.179 e. The van der Waals surface area contributed by atoms with E-state index in [1.165, 1.54) is 23.1 Å². The number of aromatic nitrogens is 2. The summed E-state index contributed by atoms with van der Waals surface area (Å²) < 4.78 is 0.876. The van der Waals surface area contributed by atoms with Crippen molar-refractivity contribution >= 4 is 40.4 Å². The number of nitrogens with zero attached hydrogens (tertiary/aromatic N) is 2. The minimum atomic E-state index is 0.674. The second-order valence-corrected chi connectivity index (χ2v) is 5.78. The van der Waals surface area contributed by atoms with Crippen LogP contribution < -0.4 is 5.73 Å². The van der Waals surface area contributed by atoms with E-state index in [-0.39, 0.29) is 0 Å². The van der Waals surface area contributed by atoms with Crippen LogP contribution in [0.4, 0.5) is 5.69 Å². The monoisotopic (exact) mass is 257 g/mol. The highest BCUT2D eigenvalue weighted by Gasteiger charge is 2.06. The molecule has 2 rings (SSSR count). The molecule has 1 aromatic carbocycles. The molecule has 0 radical (unpaired) electrons. The summed E-state index contributed by atoms with van der Waals surface area (Å²) in [6.45, 7) is 1.92. The Balaban J connectivity index is 2.27. The Hall–Kier alpha value is -0.780. The molecule has 0 fully saturated rings. The molecule has 0 atom stereocenters. The van der Waals surface area contributed by atoms with Crippen molar-refractivity contribution < 1.29 is 0 Å². The SMILES string of the molecule is Cc1nnc(Sc2cc(Cl)ccc2N)s1. The van der Waals surface area contributed by atoms with Gasteiger partial charge in [0.05, 0.1) is 0 Å². The van der Waals surface area contributed by atoms with Crippen LogP contribution in [0.1, 0.15) is 5.01 Å². The molecule has 0 spiro atoms. The molecule has 0 aliphatic carbocycles. The smallest absolute Gasteiger partial charge is 0.179 e. The number of nitrogen functional groups attached to an aromatic ring is 1. The van der Waals surface area contributed by atoms with E-state index < -0.39 is 0 Å². The lowest BCUT2D eigenvalue weighted by Crippen LogP contribution is -1.87. The Morgan fingerprint density at radius 2 is 2.20 bits per heavy atom. The average Bonchev–Trinajstić information content (AvgIpc) is 2.58. The number of hydrogen-bond acceptors (Lipinski definition) is 5. The van der Waals surface area contributed by atoms with Gasteiger partial charge in [-0.3, -0.25) is 0 Å². The number of anilines is 1. The number of rotatable bonds is 2. The predicted octanol–water partition coefficient (Wildman–Crippen LogP) is 3.23. The first kappa shape index (κ1) is 10.7. The van der Waals surface area contributed by atoms with Gasteiger partial charge in [-0.15, -0.1) is 10.2 Å². The van der Waals surface area contributed by atoms with Crippen molar-refractivity contribution in [2.45, 2.75) is 16.2 Å². The van der Waals surface area contributed by atoms with Gasteiger partial charge in [0.2, 0.25) is 0 Å². The zero-order chi connectivity index (χ0) is 10.8. The molecule has 0 aliphatic rings. The molecule has 3 nitrogen and oxygen atoms in total. The first-order valence-corrected chi connectivity index (χ1v) is 6.19. The third-order valence-electron chi connectivity index (χ3n) is 1.68. The van der Waals surface area contributed by atoms with Gasteiger partial charge >= 0.3 is 0 Å². The molecule has 0 unspecified atom stereocenters. The predicted molar refractivity (Wildman–Crippen MR) is 64.6 cm³/mol. The second kappa shape index (κ2) is 4.38. The second-order valence-electron chi connectivity index (χ2n) is 2.87. The lowest BCUT2D eigenvalue weighted by molar-refractivity contribution is 0.984. The van der Waals surface area contributed by atoms with Gasteiger partial charge in [0.25, 0.3) is 0 Å². The highest BCUT2D eigenvalue weighted by Crippen LogP contribution is 2.35. The minimum absolute atomic E-state index is 0.674. The third kappa shape index (κ3) is 2.62. The van der Waals surface area contributed by atoms with E-state index in [1.807, 2.05) is 13.0 Å². The standard InChI is InChI=1S/C9H8ClN3S2/c1-5-12-13-9(14-5)15-8-4-6(10)2-3-7(8)11/h2-4H,11H2,1H3. The van der Waals surface area contributed by atoms with Crippen molar-refractivity contribution in [1.29, 1.82) is 0 Å². The summed E-state index contributed by atoms with van der Waals surface area (Å²) in [7, 11) is 0. The van der Waals surface area contributed by atoms with E-state index in [2.05, 4.69) is 10.2 Å². The largest absolute Gasteiger partial charge is 0.398 e. The minimum Gasteiger partial charge on any atom is -0.398 e. The number of hydrogen-bond donors (Lipinski definition) is 1. The molecular formula is C9H8ClN3S2. The van der Waals surface area contributed by atoms with Crippen LogP contribution in [0.3, 0.4) is 0 Å². The lowest BCUT2D eigenvalue weighted by atomic mass is 10.3. The quantitative estimate of drug-likeness (QED) is 0.840. The maximum absolute atomic E-state index is 5.89. The van der Waals surface area contributed by atoms with E-state index in [9.17, 15) is 0 Å². The fraction of sp³-hybridized carbons (Fsp3) is 0.111. The van der Waals surface area contributed by atoms with Crippen molar-refractivity contribution in [2.75, 3.05) is 5.73 Å². The van der Waals surface area contributed by atoms with Gasteiger partial charge < -0.3 is 5.73 Å². The van der Waals surface area contributed by atoms with E-state index in [0.717, 1.165) is 14.2 Å². The van der Waals surface area contributed by atoms with Crippen LogP contribution in [0.25, 0.3) is 0 Å². The highest BCUT2D eigenvalue weighted by atomic mass is 35.5. The van der Waals surface area contributed by atoms with Gasteiger partial charge in [-0.05, 0) is 25.1 Å². The molecule has 6 heteroatoms. The van der Waals surface area contributed by atoms with E-state index >= 15 is 0 Å². The molecule has 0 saturated carbocycles. The van der Waals surface area contributed by atoms with Gasteiger partial charge in [-0.25, -0.2) is 0 Å². The Morgan fingerprint density at radius 3 is 2.87 bits per heavy atom. The highest BCUT2D eigenvalue weighted by molar-refractivity contribution is 8.01. The Morgan fingerprint density at radius 1 is 1.40 bits per heavy atom. The Bertz CT molecular complexity index is 484. The van der Waals surface area contributed by atoms with Crippen LogP contribution in [0.2, 0.25) is 5.02 Å². The summed E-state index contributed by atoms with van der Waals surface area (Å²) in [5.74, 6) is 0. The van der Waals surface area contributed by atoms with Crippen LogP contribution in [0.5, 0.6) is 0 Å². The first-order chi connectivity index (χ1) is 7.15. The van der Waals surface area contributed by atoms with Crippen LogP contribution in [-0.4, -0.2) is 10.2 Å². The fourth-order valence-corrected chi connectivity index (χ4v) is 3.10. The molecule has 2 N–H and O–H groups in total. The van der Waals surface area contributed by atoms with E-state index in [4.69, 9.17) is 17.3 Å². The third-order valence-corrected chi connectivity index (χ3v) is 3.88. The van der Waals surface area contributed by atoms with E-state index in [1.54, 1.807) is 12.1 Å². The fourth-order valence-electron chi connectivity index (χ4n) is 1.01. The van der Waals surface area contributed by atoms with Crippen molar-refractivity contribution in [3.05, 3.63) is 28.2 Å². The van der Waals surface area contributed by atoms with Crippen LogP contribution in [0, 0.1) is 6.92 Å². The van der Waals surface area contributed by atoms with Gasteiger partial charge in [-0.2, -0.15) is 0 Å². The Kier molecular flexibility index (Phi) is 3.14. The van der Waals surface area contributed by atoms with Gasteiger partial charge in [0.15, 0.2) is 4.34 Å². The summed E-state index contributed by atoms with van der Waals surface area (Å²) in [6, 6.07) is 5.39. The van der Waals surface area contributed by atoms with Crippen LogP contribution in [0.15, 0.2) is 27.4 Å². The van der Waals surface area contributed by atoms with Crippen molar-refractivity contribution in [2.24, 2.45) is 0 Å². The van der Waals surface area contributed by atoms with Crippen molar-refractivity contribution in [3.63, 3.8) is 0 Å². The molecule has 0 aliphatic heterocycles. The van der Waals surface area contributed by atoms with E-state index in [0.29, 0.717) is 10.7 Å².